The van der Waals surface area contributed by atoms with Crippen molar-refractivity contribution in [1.29, 1.82) is 0 Å². The van der Waals surface area contributed by atoms with Crippen LogP contribution in [0.1, 0.15) is 55.7 Å². The van der Waals surface area contributed by atoms with E-state index >= 15 is 0 Å². The first-order valence-corrected chi connectivity index (χ1v) is 8.99. The summed E-state index contributed by atoms with van der Waals surface area (Å²) in [5.74, 6) is 0.397. The van der Waals surface area contributed by atoms with Crippen molar-refractivity contribution >= 4 is 0 Å². The van der Waals surface area contributed by atoms with E-state index in [1.807, 2.05) is 24.3 Å². The molecule has 3 heteroatoms. The molecule has 0 amide bonds. The van der Waals surface area contributed by atoms with Gasteiger partial charge in [-0.3, -0.25) is 0 Å². The van der Waals surface area contributed by atoms with Crippen molar-refractivity contribution in [1.82, 2.24) is 5.32 Å². The summed E-state index contributed by atoms with van der Waals surface area (Å²) in [6.45, 7) is 3.37. The first-order chi connectivity index (χ1) is 11.7. The van der Waals surface area contributed by atoms with Gasteiger partial charge in [0.2, 0.25) is 0 Å². The third-order valence-corrected chi connectivity index (χ3v) is 4.36. The molecule has 0 saturated carbocycles. The van der Waals surface area contributed by atoms with Crippen LogP contribution < -0.4 is 5.32 Å². The van der Waals surface area contributed by atoms with Crippen LogP contribution in [0.3, 0.4) is 0 Å². The molecule has 0 fully saturated rings. The van der Waals surface area contributed by atoms with Crippen molar-refractivity contribution in [2.24, 2.45) is 0 Å². The molecule has 0 radical (unpaired) electrons. The van der Waals surface area contributed by atoms with Gasteiger partial charge in [-0.15, -0.1) is 0 Å². The van der Waals surface area contributed by atoms with E-state index in [2.05, 4.69) is 24.4 Å². The van der Waals surface area contributed by atoms with Crippen LogP contribution in [0, 0.1) is 0 Å². The van der Waals surface area contributed by atoms with E-state index in [-0.39, 0.29) is 11.5 Å². The van der Waals surface area contributed by atoms with E-state index in [1.54, 1.807) is 6.07 Å². The normalized spacial score (nSPS) is 10.9. The van der Waals surface area contributed by atoms with Crippen LogP contribution in [-0.4, -0.2) is 10.2 Å². The predicted octanol–water partition coefficient (Wildman–Crippen LogP) is 4.90. The lowest BCUT2D eigenvalue weighted by atomic mass is 10.0. The van der Waals surface area contributed by atoms with Crippen LogP contribution in [-0.2, 0) is 19.5 Å². The second kappa shape index (κ2) is 9.99. The van der Waals surface area contributed by atoms with Crippen LogP contribution >= 0.6 is 0 Å². The van der Waals surface area contributed by atoms with Gasteiger partial charge in [0.15, 0.2) is 0 Å². The topological polar surface area (TPSA) is 52.5 Å². The van der Waals surface area contributed by atoms with Gasteiger partial charge < -0.3 is 15.5 Å². The molecule has 2 aromatic carbocycles. The number of phenols is 2. The largest absolute Gasteiger partial charge is 0.507 e. The number of hydrogen-bond acceptors (Lipinski definition) is 3. The maximum Gasteiger partial charge on any atom is 0.126 e. The third kappa shape index (κ3) is 5.57. The fourth-order valence-corrected chi connectivity index (χ4v) is 2.90. The molecule has 0 bridgehead atoms. The fraction of sp³-hybridized carbons (Fsp3) is 0.429. The number of aryl methyl sites for hydroxylation is 1. The summed E-state index contributed by atoms with van der Waals surface area (Å²) in [6.07, 6.45) is 6.89. The molecule has 0 unspecified atom stereocenters. The highest BCUT2D eigenvalue weighted by Gasteiger charge is 2.12. The standard InChI is InChI=1S/C21H29NO2/c1-2-3-4-5-9-12-18-13-14-20(23)19(21(18)24)16-22-15-17-10-7-6-8-11-17/h6-8,10-11,13-14,22-24H,2-5,9,12,15-16H2,1H3. The highest BCUT2D eigenvalue weighted by molar-refractivity contribution is 5.48. The average Bonchev–Trinajstić information content (AvgIpc) is 2.60. The Morgan fingerprint density at radius 3 is 2.33 bits per heavy atom. The minimum atomic E-state index is 0.155. The van der Waals surface area contributed by atoms with Crippen molar-refractivity contribution in [2.45, 2.75) is 58.5 Å². The lowest BCUT2D eigenvalue weighted by Gasteiger charge is -2.13. The molecule has 0 saturated heterocycles. The van der Waals surface area contributed by atoms with Gasteiger partial charge in [0, 0.05) is 18.7 Å². The van der Waals surface area contributed by atoms with Crippen LogP contribution in [0.25, 0.3) is 0 Å². The lowest BCUT2D eigenvalue weighted by Crippen LogP contribution is -2.13. The molecule has 0 heterocycles. The SMILES string of the molecule is CCCCCCCc1ccc(O)c(CNCc2ccccc2)c1O. The van der Waals surface area contributed by atoms with Gasteiger partial charge in [-0.2, -0.15) is 0 Å². The van der Waals surface area contributed by atoms with Crippen LogP contribution in [0.15, 0.2) is 42.5 Å². The summed E-state index contributed by atoms with van der Waals surface area (Å²) in [5, 5.41) is 23.8. The Bertz CT molecular complexity index is 611. The van der Waals surface area contributed by atoms with E-state index in [0.717, 1.165) is 18.4 Å². The maximum absolute atomic E-state index is 10.5. The van der Waals surface area contributed by atoms with Gasteiger partial charge in [-0.1, -0.05) is 69.0 Å². The fourth-order valence-electron chi connectivity index (χ4n) is 2.90. The average molecular weight is 327 g/mol. The summed E-state index contributed by atoms with van der Waals surface area (Å²) in [4.78, 5) is 0. The zero-order valence-corrected chi connectivity index (χ0v) is 14.6. The molecule has 2 rings (SSSR count). The highest BCUT2D eigenvalue weighted by atomic mass is 16.3. The minimum absolute atomic E-state index is 0.155. The second-order valence-electron chi connectivity index (χ2n) is 6.32. The number of phenolic OH excluding ortho intramolecular Hbond substituents is 2. The molecule has 0 aliphatic heterocycles. The Morgan fingerprint density at radius 1 is 0.833 bits per heavy atom. The van der Waals surface area contributed by atoms with Gasteiger partial charge in [0.25, 0.3) is 0 Å². The van der Waals surface area contributed by atoms with E-state index in [9.17, 15) is 10.2 Å². The zero-order valence-electron chi connectivity index (χ0n) is 14.6. The Labute approximate surface area is 145 Å². The quantitative estimate of drug-likeness (QED) is 0.544. The van der Waals surface area contributed by atoms with Gasteiger partial charge in [0.1, 0.15) is 11.5 Å². The van der Waals surface area contributed by atoms with Crippen LogP contribution in [0.5, 0.6) is 11.5 Å². The molecular weight excluding hydrogens is 298 g/mol. The van der Waals surface area contributed by atoms with E-state index in [1.165, 1.54) is 31.2 Å². The Morgan fingerprint density at radius 2 is 1.58 bits per heavy atom. The maximum atomic E-state index is 10.5. The summed E-state index contributed by atoms with van der Waals surface area (Å²) >= 11 is 0. The first kappa shape index (κ1) is 18.3. The van der Waals surface area contributed by atoms with Crippen LogP contribution in [0.2, 0.25) is 0 Å². The molecule has 2 aromatic rings. The van der Waals surface area contributed by atoms with Crippen molar-refractivity contribution in [3.63, 3.8) is 0 Å². The molecule has 24 heavy (non-hydrogen) atoms. The van der Waals surface area contributed by atoms with E-state index in [0.29, 0.717) is 18.7 Å². The highest BCUT2D eigenvalue weighted by Crippen LogP contribution is 2.31. The van der Waals surface area contributed by atoms with Crippen LogP contribution in [0.4, 0.5) is 0 Å². The van der Waals surface area contributed by atoms with Gasteiger partial charge >= 0.3 is 0 Å². The molecule has 0 aliphatic rings. The molecular formula is C21H29NO2. The Hall–Kier alpha value is -2.00. The van der Waals surface area contributed by atoms with Gasteiger partial charge in [-0.05, 0) is 30.0 Å². The molecule has 0 aromatic heterocycles. The number of unbranched alkanes of at least 4 members (excludes halogenated alkanes) is 4. The monoisotopic (exact) mass is 327 g/mol. The van der Waals surface area contributed by atoms with E-state index in [4.69, 9.17) is 0 Å². The Kier molecular flexibility index (Phi) is 7.63. The molecule has 0 atom stereocenters. The number of rotatable bonds is 10. The van der Waals surface area contributed by atoms with Crippen molar-refractivity contribution in [3.05, 3.63) is 59.2 Å². The number of benzene rings is 2. The molecule has 0 aliphatic carbocycles. The first-order valence-electron chi connectivity index (χ1n) is 8.99. The third-order valence-electron chi connectivity index (χ3n) is 4.36. The number of aromatic hydroxyl groups is 2. The second-order valence-corrected chi connectivity index (χ2v) is 6.32. The smallest absolute Gasteiger partial charge is 0.126 e. The van der Waals surface area contributed by atoms with Gasteiger partial charge in [-0.25, -0.2) is 0 Å². The summed E-state index contributed by atoms with van der Waals surface area (Å²) in [7, 11) is 0. The predicted molar refractivity (Wildman–Crippen MR) is 99.2 cm³/mol. The van der Waals surface area contributed by atoms with Gasteiger partial charge in [0.05, 0.1) is 0 Å². The van der Waals surface area contributed by atoms with E-state index < -0.39 is 0 Å². The number of hydrogen-bond donors (Lipinski definition) is 3. The molecule has 3 nitrogen and oxygen atoms in total. The number of nitrogens with one attached hydrogen (secondary N) is 1. The van der Waals surface area contributed by atoms with Crippen molar-refractivity contribution < 1.29 is 10.2 Å². The summed E-state index contributed by atoms with van der Waals surface area (Å²) < 4.78 is 0. The van der Waals surface area contributed by atoms with Crippen molar-refractivity contribution in [2.75, 3.05) is 0 Å². The lowest BCUT2D eigenvalue weighted by molar-refractivity contribution is 0.427. The summed E-state index contributed by atoms with van der Waals surface area (Å²) in [5.41, 5.74) is 2.71. The molecule has 0 spiro atoms. The van der Waals surface area contributed by atoms with Crippen molar-refractivity contribution in [3.8, 4) is 11.5 Å². The Balaban J connectivity index is 1.90. The summed E-state index contributed by atoms with van der Waals surface area (Å²) in [6, 6.07) is 13.6. The minimum Gasteiger partial charge on any atom is -0.507 e. The molecule has 130 valence electrons. The zero-order chi connectivity index (χ0) is 17.2. The molecule has 3 N–H and O–H groups in total.